The molecule has 0 N–H and O–H groups in total. The predicted octanol–water partition coefficient (Wildman–Crippen LogP) is 2.96. The molecule has 0 aliphatic carbocycles. The molecule has 2 aromatic rings. The summed E-state index contributed by atoms with van der Waals surface area (Å²) in [6, 6.07) is 14.5. The molecule has 0 radical (unpaired) electrons. The first-order valence-corrected chi connectivity index (χ1v) is 5.83. The Balaban J connectivity index is 2.38. The van der Waals surface area contributed by atoms with Gasteiger partial charge in [0, 0.05) is 17.7 Å². The molecule has 0 saturated carbocycles. The van der Waals surface area contributed by atoms with Crippen LogP contribution in [0.4, 0.5) is 5.69 Å². The molecule has 0 aliphatic heterocycles. The molecule has 0 spiro atoms. The summed E-state index contributed by atoms with van der Waals surface area (Å²) < 4.78 is 11.1. The maximum Gasteiger partial charge on any atom is 0.259 e. The van der Waals surface area contributed by atoms with Crippen molar-refractivity contribution in [1.29, 1.82) is 0 Å². The Labute approximate surface area is 112 Å². The van der Waals surface area contributed by atoms with Crippen LogP contribution in [0.15, 0.2) is 48.5 Å². The monoisotopic (exact) mass is 257 g/mol. The minimum absolute atomic E-state index is 0.437. The molecule has 0 atom stereocenters. The fourth-order valence-electron chi connectivity index (χ4n) is 1.71. The van der Waals surface area contributed by atoms with Crippen LogP contribution in [0.25, 0.3) is 0 Å². The van der Waals surface area contributed by atoms with E-state index in [9.17, 15) is 5.21 Å². The summed E-state index contributed by atoms with van der Waals surface area (Å²) in [5, 5.41) is 12.1. The molecule has 0 saturated heterocycles. The Hall–Kier alpha value is -2.49. The van der Waals surface area contributed by atoms with Crippen LogP contribution in [0.1, 0.15) is 5.56 Å². The first-order chi connectivity index (χ1) is 9.24. The number of hydrogen-bond acceptors (Lipinski definition) is 3. The number of benzene rings is 2. The summed E-state index contributed by atoms with van der Waals surface area (Å²) in [6.45, 7) is 0. The smallest absolute Gasteiger partial charge is 0.259 e. The van der Waals surface area contributed by atoms with Crippen molar-refractivity contribution in [3.8, 4) is 11.5 Å². The lowest BCUT2D eigenvalue weighted by molar-refractivity contribution is -0.355. The van der Waals surface area contributed by atoms with Crippen LogP contribution in [0.2, 0.25) is 0 Å². The Bertz CT molecular complexity index is 579. The van der Waals surface area contributed by atoms with E-state index in [-0.39, 0.29) is 0 Å². The van der Waals surface area contributed by atoms with Crippen LogP contribution in [0, 0.1) is 5.21 Å². The minimum Gasteiger partial charge on any atom is -0.618 e. The van der Waals surface area contributed by atoms with Crippen LogP contribution < -0.4 is 9.47 Å². The van der Waals surface area contributed by atoms with Crippen LogP contribution in [-0.4, -0.2) is 25.2 Å². The van der Waals surface area contributed by atoms with Gasteiger partial charge in [0.15, 0.2) is 12.0 Å². The lowest BCUT2D eigenvalue weighted by atomic mass is 10.2. The molecule has 0 heterocycles. The highest BCUT2D eigenvalue weighted by Gasteiger charge is 2.12. The Morgan fingerprint density at radius 1 is 1.00 bits per heavy atom. The highest BCUT2D eigenvalue weighted by molar-refractivity contribution is 5.76. The highest BCUT2D eigenvalue weighted by Crippen LogP contribution is 2.30. The lowest BCUT2D eigenvalue weighted by Gasteiger charge is -2.09. The number of nitrogens with zero attached hydrogens (tertiary/aromatic N) is 1. The van der Waals surface area contributed by atoms with E-state index in [1.54, 1.807) is 25.3 Å². The van der Waals surface area contributed by atoms with E-state index in [1.807, 2.05) is 30.3 Å². The van der Waals surface area contributed by atoms with Gasteiger partial charge in [-0.15, -0.1) is 0 Å². The van der Waals surface area contributed by atoms with E-state index in [0.29, 0.717) is 17.2 Å². The van der Waals surface area contributed by atoms with Gasteiger partial charge in [0.25, 0.3) is 5.69 Å². The maximum absolute atomic E-state index is 12.1. The number of ether oxygens (including phenoxy) is 2. The summed E-state index contributed by atoms with van der Waals surface area (Å²) >= 11 is 0. The van der Waals surface area contributed by atoms with Crippen molar-refractivity contribution in [2.24, 2.45) is 0 Å². The average Bonchev–Trinajstić information content (AvgIpc) is 2.47. The molecule has 4 heteroatoms. The fraction of sp³-hybridized carbons (Fsp3) is 0.133. The molecule has 98 valence electrons. The fourth-order valence-corrected chi connectivity index (χ4v) is 1.71. The largest absolute Gasteiger partial charge is 0.618 e. The third kappa shape index (κ3) is 3.04. The van der Waals surface area contributed by atoms with Crippen molar-refractivity contribution in [3.63, 3.8) is 0 Å². The quantitative estimate of drug-likeness (QED) is 0.366. The van der Waals surface area contributed by atoms with E-state index >= 15 is 0 Å². The van der Waals surface area contributed by atoms with Gasteiger partial charge in [-0.25, -0.2) is 0 Å². The molecule has 0 amide bonds. The Morgan fingerprint density at radius 2 is 1.74 bits per heavy atom. The number of rotatable bonds is 4. The zero-order valence-corrected chi connectivity index (χ0v) is 10.9. The first-order valence-electron chi connectivity index (χ1n) is 5.83. The molecule has 4 nitrogen and oxygen atoms in total. The van der Waals surface area contributed by atoms with E-state index in [4.69, 9.17) is 9.47 Å². The average molecular weight is 257 g/mol. The number of hydrogen-bond donors (Lipinski definition) is 0. The zero-order chi connectivity index (χ0) is 13.7. The van der Waals surface area contributed by atoms with E-state index in [1.165, 1.54) is 13.3 Å². The van der Waals surface area contributed by atoms with E-state index < -0.39 is 0 Å². The van der Waals surface area contributed by atoms with Gasteiger partial charge >= 0.3 is 0 Å². The molecular formula is C15H15NO3. The predicted molar refractivity (Wildman–Crippen MR) is 74.4 cm³/mol. The van der Waals surface area contributed by atoms with Crippen molar-refractivity contribution in [3.05, 3.63) is 59.3 Å². The minimum atomic E-state index is 0.437. The van der Waals surface area contributed by atoms with Gasteiger partial charge < -0.3 is 14.7 Å². The van der Waals surface area contributed by atoms with Gasteiger partial charge in [-0.1, -0.05) is 18.2 Å². The molecule has 0 unspecified atom stereocenters. The molecule has 0 fully saturated rings. The molecule has 0 aromatic heterocycles. The highest BCUT2D eigenvalue weighted by atomic mass is 16.5. The second-order valence-electron chi connectivity index (χ2n) is 3.90. The van der Waals surface area contributed by atoms with Gasteiger partial charge in [0.1, 0.15) is 5.75 Å². The summed E-state index contributed by atoms with van der Waals surface area (Å²) in [7, 11) is 3.09. The lowest BCUT2D eigenvalue weighted by Crippen LogP contribution is -2.01. The topological polar surface area (TPSA) is 44.5 Å². The second-order valence-corrected chi connectivity index (χ2v) is 3.90. The van der Waals surface area contributed by atoms with Crippen molar-refractivity contribution in [1.82, 2.24) is 0 Å². The van der Waals surface area contributed by atoms with Crippen molar-refractivity contribution in [2.45, 2.75) is 0 Å². The Morgan fingerprint density at radius 3 is 2.37 bits per heavy atom. The summed E-state index contributed by atoms with van der Waals surface area (Å²) in [6.07, 6.45) is 1.50. The van der Waals surface area contributed by atoms with Gasteiger partial charge in [-0.3, -0.25) is 0 Å². The van der Waals surface area contributed by atoms with Crippen molar-refractivity contribution >= 4 is 11.9 Å². The van der Waals surface area contributed by atoms with Crippen LogP contribution in [0.5, 0.6) is 11.5 Å². The molecule has 0 bridgehead atoms. The molecule has 0 aliphatic rings. The van der Waals surface area contributed by atoms with Crippen molar-refractivity contribution < 1.29 is 14.2 Å². The summed E-state index contributed by atoms with van der Waals surface area (Å²) in [5.74, 6) is 1.12. The normalized spacial score (nSPS) is 11.2. The Kier molecular flexibility index (Phi) is 4.03. The summed E-state index contributed by atoms with van der Waals surface area (Å²) in [4.78, 5) is 0. The molecule has 19 heavy (non-hydrogen) atoms. The zero-order valence-electron chi connectivity index (χ0n) is 10.9. The molecule has 2 aromatic carbocycles. The van der Waals surface area contributed by atoms with Crippen LogP contribution in [0.3, 0.4) is 0 Å². The second kappa shape index (κ2) is 5.91. The third-order valence-electron chi connectivity index (χ3n) is 2.69. The SMILES string of the molecule is COc1ccc(/[N+]([O-])=C\c2ccccc2)c(OC)c1. The summed E-state index contributed by atoms with van der Waals surface area (Å²) in [5.41, 5.74) is 1.27. The van der Waals surface area contributed by atoms with Crippen LogP contribution in [-0.2, 0) is 0 Å². The van der Waals surface area contributed by atoms with Crippen molar-refractivity contribution in [2.75, 3.05) is 14.2 Å². The van der Waals surface area contributed by atoms with Gasteiger partial charge in [-0.2, -0.15) is 4.74 Å². The maximum atomic E-state index is 12.1. The third-order valence-corrected chi connectivity index (χ3v) is 2.69. The van der Waals surface area contributed by atoms with Crippen LogP contribution >= 0.6 is 0 Å². The van der Waals surface area contributed by atoms with E-state index in [2.05, 4.69) is 0 Å². The van der Waals surface area contributed by atoms with Gasteiger partial charge in [0.2, 0.25) is 0 Å². The standard InChI is InChI=1S/C15H15NO3/c1-18-13-8-9-14(15(10-13)19-2)16(17)11-12-6-4-3-5-7-12/h3-11H,1-2H3/b16-11+. The van der Waals surface area contributed by atoms with Gasteiger partial charge in [-0.05, 0) is 18.2 Å². The van der Waals surface area contributed by atoms with E-state index in [0.717, 1.165) is 10.3 Å². The van der Waals surface area contributed by atoms with Gasteiger partial charge in [0.05, 0.1) is 14.2 Å². The first kappa shape index (κ1) is 13.0. The number of methoxy groups -OCH3 is 2. The molecular weight excluding hydrogens is 242 g/mol. The molecule has 2 rings (SSSR count).